The maximum Gasteiger partial charge on any atom is 0.272 e. The van der Waals surface area contributed by atoms with Crippen molar-refractivity contribution in [2.24, 2.45) is 0 Å². The Morgan fingerprint density at radius 3 is 2.74 bits per heavy atom. The topological polar surface area (TPSA) is 82.2 Å². The van der Waals surface area contributed by atoms with E-state index >= 15 is 0 Å². The molecule has 5 heteroatoms. The molecule has 19 heavy (non-hydrogen) atoms. The summed E-state index contributed by atoms with van der Waals surface area (Å²) in [6.45, 7) is 1.36. The lowest BCUT2D eigenvalue weighted by Crippen LogP contribution is -2.12. The predicted octanol–water partition coefficient (Wildman–Crippen LogP) is 1.96. The summed E-state index contributed by atoms with van der Waals surface area (Å²) in [4.78, 5) is 25.8. The molecule has 0 fully saturated rings. The highest BCUT2D eigenvalue weighted by atomic mass is 16.3. The fourth-order valence-electron chi connectivity index (χ4n) is 1.67. The Balaban J connectivity index is 2.13. The second-order valence-corrected chi connectivity index (χ2v) is 4.17. The van der Waals surface area contributed by atoms with Crippen LogP contribution in [0.5, 0.6) is 0 Å². The molecule has 1 heterocycles. The summed E-state index contributed by atoms with van der Waals surface area (Å²) in [5.74, 6) is -0.430. The van der Waals surface area contributed by atoms with E-state index in [4.69, 9.17) is 5.11 Å². The number of anilines is 1. The maximum absolute atomic E-state index is 11.9. The van der Waals surface area contributed by atoms with Crippen molar-refractivity contribution in [3.05, 3.63) is 53.3 Å². The zero-order valence-corrected chi connectivity index (χ0v) is 10.4. The minimum Gasteiger partial charge on any atom is -0.392 e. The third-order valence-electron chi connectivity index (χ3n) is 2.70. The maximum atomic E-state index is 11.9. The van der Waals surface area contributed by atoms with Gasteiger partial charge in [0.1, 0.15) is 5.69 Å². The zero-order valence-electron chi connectivity index (χ0n) is 10.4. The number of hydrogen-bond donors (Lipinski definition) is 3. The Morgan fingerprint density at radius 1 is 1.32 bits per heavy atom. The van der Waals surface area contributed by atoms with Gasteiger partial charge in [0.2, 0.25) is 0 Å². The first-order chi connectivity index (χ1) is 9.10. The van der Waals surface area contributed by atoms with Gasteiger partial charge in [-0.15, -0.1) is 0 Å². The van der Waals surface area contributed by atoms with E-state index in [-0.39, 0.29) is 18.3 Å². The molecule has 98 valence electrons. The van der Waals surface area contributed by atoms with Crippen molar-refractivity contribution in [3.63, 3.8) is 0 Å². The van der Waals surface area contributed by atoms with E-state index in [1.54, 1.807) is 24.3 Å². The number of aromatic nitrogens is 1. The molecule has 2 aromatic rings. The quantitative estimate of drug-likeness (QED) is 0.733. The van der Waals surface area contributed by atoms with Crippen LogP contribution in [-0.2, 0) is 6.61 Å². The van der Waals surface area contributed by atoms with Gasteiger partial charge in [0.05, 0.1) is 6.61 Å². The molecule has 0 unspecified atom stereocenters. The number of H-pyrrole nitrogens is 1. The van der Waals surface area contributed by atoms with Crippen molar-refractivity contribution in [1.82, 2.24) is 4.98 Å². The van der Waals surface area contributed by atoms with Gasteiger partial charge < -0.3 is 15.4 Å². The van der Waals surface area contributed by atoms with Gasteiger partial charge in [0, 0.05) is 17.4 Å². The van der Waals surface area contributed by atoms with E-state index in [2.05, 4.69) is 10.3 Å². The molecular weight excluding hydrogens is 244 g/mol. The Kier molecular flexibility index (Phi) is 3.77. The van der Waals surface area contributed by atoms with E-state index in [1.807, 2.05) is 0 Å². The average molecular weight is 258 g/mol. The molecule has 0 aliphatic heterocycles. The molecular formula is C14H14N2O3. The Bertz CT molecular complexity index is 617. The number of ketones is 1. The first kappa shape index (κ1) is 13.0. The van der Waals surface area contributed by atoms with Crippen molar-refractivity contribution in [2.45, 2.75) is 13.5 Å². The molecule has 0 aliphatic rings. The molecule has 0 saturated carbocycles. The highest BCUT2D eigenvalue weighted by Crippen LogP contribution is 2.12. The molecule has 5 nitrogen and oxygen atoms in total. The molecule has 0 atom stereocenters. The molecule has 0 radical (unpaired) electrons. The number of aliphatic hydroxyl groups is 1. The van der Waals surface area contributed by atoms with Crippen LogP contribution in [0, 0.1) is 0 Å². The highest BCUT2D eigenvalue weighted by molar-refractivity contribution is 6.05. The number of carbonyl (C=O) groups is 2. The number of benzene rings is 1. The number of aliphatic hydroxyl groups excluding tert-OH is 1. The molecule has 0 saturated heterocycles. The fourth-order valence-corrected chi connectivity index (χ4v) is 1.67. The van der Waals surface area contributed by atoms with Gasteiger partial charge in [-0.05, 0) is 30.7 Å². The van der Waals surface area contributed by atoms with Crippen molar-refractivity contribution in [3.8, 4) is 0 Å². The van der Waals surface area contributed by atoms with E-state index in [0.717, 1.165) is 0 Å². The SMILES string of the molecule is CC(=O)c1c[nH]c(C(=O)Nc2cccc(CO)c2)c1. The third kappa shape index (κ3) is 3.08. The van der Waals surface area contributed by atoms with Crippen molar-refractivity contribution < 1.29 is 14.7 Å². The van der Waals surface area contributed by atoms with Crippen molar-refractivity contribution in [2.75, 3.05) is 5.32 Å². The Hall–Kier alpha value is -2.40. The van der Waals surface area contributed by atoms with Crippen molar-refractivity contribution >= 4 is 17.4 Å². The molecule has 0 aliphatic carbocycles. The van der Waals surface area contributed by atoms with E-state index < -0.39 is 0 Å². The summed E-state index contributed by atoms with van der Waals surface area (Å²) in [5, 5.41) is 11.7. The summed E-state index contributed by atoms with van der Waals surface area (Å²) in [7, 11) is 0. The number of Topliss-reactive ketones (excluding diaryl/α,β-unsaturated/α-hetero) is 1. The van der Waals surface area contributed by atoms with Gasteiger partial charge in [0.15, 0.2) is 5.78 Å². The Labute approximate surface area is 110 Å². The van der Waals surface area contributed by atoms with Crippen LogP contribution in [0.4, 0.5) is 5.69 Å². The first-order valence-corrected chi connectivity index (χ1v) is 5.80. The van der Waals surface area contributed by atoms with Crippen LogP contribution >= 0.6 is 0 Å². The normalized spacial score (nSPS) is 10.2. The second-order valence-electron chi connectivity index (χ2n) is 4.17. The molecule has 0 bridgehead atoms. The molecule has 3 N–H and O–H groups in total. The number of hydrogen-bond acceptors (Lipinski definition) is 3. The minimum absolute atomic E-state index is 0.0826. The predicted molar refractivity (Wildman–Crippen MR) is 71.1 cm³/mol. The number of rotatable bonds is 4. The lowest BCUT2D eigenvalue weighted by atomic mass is 10.2. The molecule has 2 rings (SSSR count). The van der Waals surface area contributed by atoms with Crippen LogP contribution < -0.4 is 5.32 Å². The van der Waals surface area contributed by atoms with Crippen LogP contribution in [0.15, 0.2) is 36.5 Å². The molecule has 0 spiro atoms. The lowest BCUT2D eigenvalue weighted by Gasteiger charge is -2.05. The summed E-state index contributed by atoms with van der Waals surface area (Å²) in [5.41, 5.74) is 2.10. The summed E-state index contributed by atoms with van der Waals surface area (Å²) in [6, 6.07) is 8.43. The van der Waals surface area contributed by atoms with Gasteiger partial charge in [0.25, 0.3) is 5.91 Å². The van der Waals surface area contributed by atoms with Crippen LogP contribution in [-0.4, -0.2) is 21.8 Å². The first-order valence-electron chi connectivity index (χ1n) is 5.80. The summed E-state index contributed by atoms with van der Waals surface area (Å²) < 4.78 is 0. The van der Waals surface area contributed by atoms with E-state index in [9.17, 15) is 9.59 Å². The van der Waals surface area contributed by atoms with Crippen LogP contribution in [0.2, 0.25) is 0 Å². The minimum atomic E-state index is -0.331. The zero-order chi connectivity index (χ0) is 13.8. The largest absolute Gasteiger partial charge is 0.392 e. The standard InChI is InChI=1S/C14H14N2O3/c1-9(18)11-6-13(15-7-11)14(19)16-12-4-2-3-10(5-12)8-17/h2-7,15,17H,8H2,1H3,(H,16,19). The molecule has 1 aromatic heterocycles. The fraction of sp³-hybridized carbons (Fsp3) is 0.143. The smallest absolute Gasteiger partial charge is 0.272 e. The average Bonchev–Trinajstić information content (AvgIpc) is 2.89. The lowest BCUT2D eigenvalue weighted by molar-refractivity contribution is 0.101. The number of nitrogens with one attached hydrogen (secondary N) is 2. The van der Waals surface area contributed by atoms with Crippen LogP contribution in [0.1, 0.15) is 33.3 Å². The van der Waals surface area contributed by atoms with E-state index in [0.29, 0.717) is 22.5 Å². The van der Waals surface area contributed by atoms with Gasteiger partial charge in [-0.25, -0.2) is 0 Å². The molecule has 1 amide bonds. The van der Waals surface area contributed by atoms with Gasteiger partial charge in [-0.3, -0.25) is 9.59 Å². The second kappa shape index (κ2) is 5.49. The Morgan fingerprint density at radius 2 is 2.11 bits per heavy atom. The monoisotopic (exact) mass is 258 g/mol. The van der Waals surface area contributed by atoms with Gasteiger partial charge in [-0.2, -0.15) is 0 Å². The number of carbonyl (C=O) groups excluding carboxylic acids is 2. The molecule has 1 aromatic carbocycles. The summed E-state index contributed by atoms with van der Waals surface area (Å²) in [6.07, 6.45) is 1.50. The highest BCUT2D eigenvalue weighted by Gasteiger charge is 2.10. The van der Waals surface area contributed by atoms with E-state index in [1.165, 1.54) is 19.2 Å². The van der Waals surface area contributed by atoms with Crippen molar-refractivity contribution in [1.29, 1.82) is 0 Å². The summed E-state index contributed by atoms with van der Waals surface area (Å²) >= 11 is 0. The third-order valence-corrected chi connectivity index (χ3v) is 2.70. The number of aromatic amines is 1. The van der Waals surface area contributed by atoms with Gasteiger partial charge in [-0.1, -0.05) is 12.1 Å². The van der Waals surface area contributed by atoms with Crippen LogP contribution in [0.3, 0.4) is 0 Å². The van der Waals surface area contributed by atoms with Gasteiger partial charge >= 0.3 is 0 Å². The van der Waals surface area contributed by atoms with Crippen LogP contribution in [0.25, 0.3) is 0 Å². The number of amides is 1.